The van der Waals surface area contributed by atoms with Crippen molar-refractivity contribution in [1.82, 2.24) is 4.72 Å². The molecule has 1 aromatic rings. The molecule has 0 radical (unpaired) electrons. The Morgan fingerprint density at radius 1 is 1.20 bits per heavy atom. The maximum atomic E-state index is 12.5. The van der Waals surface area contributed by atoms with E-state index in [-0.39, 0.29) is 0 Å². The van der Waals surface area contributed by atoms with Gasteiger partial charge in [0.15, 0.2) is 0 Å². The number of hydrogen-bond acceptors (Lipinski definition) is 4. The van der Waals surface area contributed by atoms with Gasteiger partial charge in [0.05, 0.1) is 11.5 Å². The number of nitrogens with one attached hydrogen (secondary N) is 1. The summed E-state index contributed by atoms with van der Waals surface area (Å²) < 4.78 is 38.6. The van der Waals surface area contributed by atoms with Crippen LogP contribution < -0.4 is 9.46 Å². The summed E-state index contributed by atoms with van der Waals surface area (Å²) in [6, 6.07) is 5.06. The SMILES string of the molecule is CC1(NS(=O)(=O)c2ccc3c(c2)CCO3)CCOCC1. The van der Waals surface area contributed by atoms with E-state index in [1.54, 1.807) is 18.2 Å². The average Bonchev–Trinajstić information content (AvgIpc) is 2.85. The minimum atomic E-state index is -3.50. The highest BCUT2D eigenvalue weighted by Crippen LogP contribution is 2.29. The molecule has 2 heterocycles. The van der Waals surface area contributed by atoms with Gasteiger partial charge in [0, 0.05) is 25.2 Å². The van der Waals surface area contributed by atoms with Crippen molar-refractivity contribution in [2.75, 3.05) is 19.8 Å². The Hall–Kier alpha value is -1.11. The maximum absolute atomic E-state index is 12.5. The second-order valence-corrected chi connectivity index (χ2v) is 7.33. The van der Waals surface area contributed by atoms with Crippen molar-refractivity contribution in [3.05, 3.63) is 23.8 Å². The normalized spacial score (nSPS) is 21.2. The van der Waals surface area contributed by atoms with E-state index in [0.29, 0.717) is 37.6 Å². The number of ether oxygens (including phenoxy) is 2. The van der Waals surface area contributed by atoms with Gasteiger partial charge in [0.25, 0.3) is 0 Å². The molecule has 0 saturated carbocycles. The van der Waals surface area contributed by atoms with Gasteiger partial charge >= 0.3 is 0 Å². The van der Waals surface area contributed by atoms with Crippen LogP contribution in [0.25, 0.3) is 0 Å². The lowest BCUT2D eigenvalue weighted by atomic mass is 9.94. The van der Waals surface area contributed by atoms with Crippen molar-refractivity contribution in [3.63, 3.8) is 0 Å². The van der Waals surface area contributed by atoms with E-state index in [4.69, 9.17) is 9.47 Å². The minimum Gasteiger partial charge on any atom is -0.493 e. The first-order valence-electron chi connectivity index (χ1n) is 6.86. The molecule has 110 valence electrons. The number of fused-ring (bicyclic) bond motifs is 1. The molecule has 0 aliphatic carbocycles. The van der Waals surface area contributed by atoms with Crippen LogP contribution in [0.15, 0.2) is 23.1 Å². The Bertz CT molecular complexity index is 606. The molecule has 1 N–H and O–H groups in total. The van der Waals surface area contributed by atoms with E-state index < -0.39 is 15.6 Å². The standard InChI is InChI=1S/C14H19NO4S/c1-14(5-8-18-9-6-14)15-20(16,17)12-2-3-13-11(10-12)4-7-19-13/h2-3,10,15H,4-9H2,1H3. The van der Waals surface area contributed by atoms with Crippen LogP contribution >= 0.6 is 0 Å². The molecule has 1 aromatic carbocycles. The highest BCUT2D eigenvalue weighted by molar-refractivity contribution is 7.89. The molecule has 2 aliphatic rings. The molecule has 0 atom stereocenters. The monoisotopic (exact) mass is 297 g/mol. The van der Waals surface area contributed by atoms with Crippen LogP contribution in [-0.4, -0.2) is 33.8 Å². The van der Waals surface area contributed by atoms with Crippen LogP contribution in [0.5, 0.6) is 5.75 Å². The summed E-state index contributed by atoms with van der Waals surface area (Å²) in [6.07, 6.45) is 2.16. The summed E-state index contributed by atoms with van der Waals surface area (Å²) in [7, 11) is -3.50. The summed E-state index contributed by atoms with van der Waals surface area (Å²) >= 11 is 0. The van der Waals surface area contributed by atoms with E-state index in [1.807, 2.05) is 6.92 Å². The van der Waals surface area contributed by atoms with Crippen LogP contribution in [-0.2, 0) is 21.2 Å². The van der Waals surface area contributed by atoms with Crippen molar-refractivity contribution in [3.8, 4) is 5.75 Å². The fourth-order valence-electron chi connectivity index (χ4n) is 2.64. The Labute approximate surface area is 119 Å². The maximum Gasteiger partial charge on any atom is 0.241 e. The van der Waals surface area contributed by atoms with Gasteiger partial charge in [0.2, 0.25) is 10.0 Å². The molecule has 6 heteroatoms. The zero-order valence-corrected chi connectivity index (χ0v) is 12.3. The van der Waals surface area contributed by atoms with E-state index in [1.165, 1.54) is 0 Å². The van der Waals surface area contributed by atoms with Gasteiger partial charge in [-0.05, 0) is 43.5 Å². The zero-order chi connectivity index (χ0) is 14.2. The molecule has 0 amide bonds. The largest absolute Gasteiger partial charge is 0.493 e. The number of sulfonamides is 1. The molecule has 3 rings (SSSR count). The van der Waals surface area contributed by atoms with Crippen LogP contribution in [0, 0.1) is 0 Å². The van der Waals surface area contributed by atoms with Crippen LogP contribution in [0.3, 0.4) is 0 Å². The van der Waals surface area contributed by atoms with Crippen molar-refractivity contribution in [1.29, 1.82) is 0 Å². The number of rotatable bonds is 3. The van der Waals surface area contributed by atoms with Crippen molar-refractivity contribution < 1.29 is 17.9 Å². The third kappa shape index (κ3) is 2.68. The predicted octanol–water partition coefficient (Wildman–Crippen LogP) is 1.47. The molecular weight excluding hydrogens is 278 g/mol. The number of hydrogen-bond donors (Lipinski definition) is 1. The lowest BCUT2D eigenvalue weighted by Gasteiger charge is -2.34. The second kappa shape index (κ2) is 5.02. The van der Waals surface area contributed by atoms with Crippen molar-refractivity contribution >= 4 is 10.0 Å². The lowest BCUT2D eigenvalue weighted by molar-refractivity contribution is 0.0537. The second-order valence-electron chi connectivity index (χ2n) is 5.65. The summed E-state index contributed by atoms with van der Waals surface area (Å²) in [5.41, 5.74) is 0.539. The quantitative estimate of drug-likeness (QED) is 0.917. The third-order valence-electron chi connectivity index (χ3n) is 3.95. The Balaban J connectivity index is 1.84. The first-order valence-corrected chi connectivity index (χ1v) is 8.34. The van der Waals surface area contributed by atoms with Gasteiger partial charge in [-0.15, -0.1) is 0 Å². The molecule has 0 bridgehead atoms. The van der Waals surface area contributed by atoms with Gasteiger partial charge in [-0.25, -0.2) is 13.1 Å². The fraction of sp³-hybridized carbons (Fsp3) is 0.571. The lowest BCUT2D eigenvalue weighted by Crippen LogP contribution is -2.49. The summed E-state index contributed by atoms with van der Waals surface area (Å²) in [5.74, 6) is 0.793. The predicted molar refractivity (Wildman–Crippen MR) is 74.4 cm³/mol. The Kier molecular flexibility index (Phi) is 3.48. The Morgan fingerprint density at radius 2 is 1.95 bits per heavy atom. The molecule has 0 aromatic heterocycles. The molecular formula is C14H19NO4S. The van der Waals surface area contributed by atoms with Crippen LogP contribution in [0.2, 0.25) is 0 Å². The first-order chi connectivity index (χ1) is 9.49. The first kappa shape index (κ1) is 13.9. The highest BCUT2D eigenvalue weighted by atomic mass is 32.2. The molecule has 20 heavy (non-hydrogen) atoms. The fourth-order valence-corrected chi connectivity index (χ4v) is 4.15. The molecule has 5 nitrogen and oxygen atoms in total. The topological polar surface area (TPSA) is 64.6 Å². The average molecular weight is 297 g/mol. The molecule has 0 unspecified atom stereocenters. The van der Waals surface area contributed by atoms with Crippen molar-refractivity contribution in [2.45, 2.75) is 36.6 Å². The van der Waals surface area contributed by atoms with Gasteiger partial charge in [-0.1, -0.05) is 0 Å². The highest BCUT2D eigenvalue weighted by Gasteiger charge is 2.33. The van der Waals surface area contributed by atoms with E-state index in [0.717, 1.165) is 17.7 Å². The van der Waals surface area contributed by atoms with Gasteiger partial charge in [0.1, 0.15) is 5.75 Å². The molecule has 1 fully saturated rings. The van der Waals surface area contributed by atoms with Crippen molar-refractivity contribution in [2.24, 2.45) is 0 Å². The van der Waals surface area contributed by atoms with Gasteiger partial charge < -0.3 is 9.47 Å². The van der Waals surface area contributed by atoms with Crippen LogP contribution in [0.1, 0.15) is 25.3 Å². The molecule has 2 aliphatic heterocycles. The smallest absolute Gasteiger partial charge is 0.241 e. The summed E-state index contributed by atoms with van der Waals surface area (Å²) in [4.78, 5) is 0.314. The molecule has 0 spiro atoms. The zero-order valence-electron chi connectivity index (χ0n) is 11.5. The van der Waals surface area contributed by atoms with Gasteiger partial charge in [-0.3, -0.25) is 0 Å². The summed E-state index contributed by atoms with van der Waals surface area (Å²) in [6.45, 7) is 3.75. The number of benzene rings is 1. The summed E-state index contributed by atoms with van der Waals surface area (Å²) in [5, 5.41) is 0. The van der Waals surface area contributed by atoms with E-state index in [2.05, 4.69) is 4.72 Å². The molecule has 1 saturated heterocycles. The van der Waals surface area contributed by atoms with Crippen LogP contribution in [0.4, 0.5) is 0 Å². The van der Waals surface area contributed by atoms with Gasteiger partial charge in [-0.2, -0.15) is 0 Å². The minimum absolute atomic E-state index is 0.314. The van der Waals surface area contributed by atoms with E-state index >= 15 is 0 Å². The third-order valence-corrected chi connectivity index (χ3v) is 5.58. The van der Waals surface area contributed by atoms with E-state index in [9.17, 15) is 8.42 Å². The Morgan fingerprint density at radius 3 is 2.70 bits per heavy atom.